The summed E-state index contributed by atoms with van der Waals surface area (Å²) in [6.45, 7) is 4.71. The molecule has 0 radical (unpaired) electrons. The van der Waals surface area contributed by atoms with E-state index in [0.29, 0.717) is 6.61 Å². The Hall–Kier alpha value is -2.53. The summed E-state index contributed by atoms with van der Waals surface area (Å²) < 4.78 is 11.2. The van der Waals surface area contributed by atoms with Gasteiger partial charge in [-0.3, -0.25) is 0 Å². The topological polar surface area (TPSA) is 43.4 Å². The Labute approximate surface area is 157 Å². The molecule has 0 amide bonds. The molecule has 1 N–H and O–H groups in total. The zero-order valence-corrected chi connectivity index (χ0v) is 16.1. The van der Waals surface area contributed by atoms with Crippen LogP contribution in [0.3, 0.4) is 0 Å². The monoisotopic (exact) mass is 366 g/mol. The summed E-state index contributed by atoms with van der Waals surface area (Å²) in [5.41, 5.74) is 5.73. The molecule has 26 heavy (non-hydrogen) atoms. The van der Waals surface area contributed by atoms with Gasteiger partial charge in [0.15, 0.2) is 5.13 Å². The van der Waals surface area contributed by atoms with Crippen LogP contribution in [0.15, 0.2) is 36.4 Å². The second-order valence-corrected chi connectivity index (χ2v) is 7.41. The number of thiazole rings is 1. The number of nitrogens with zero attached hydrogens (tertiary/aromatic N) is 1. The van der Waals surface area contributed by atoms with E-state index in [0.717, 1.165) is 46.4 Å². The van der Waals surface area contributed by atoms with E-state index in [1.54, 1.807) is 18.4 Å². The van der Waals surface area contributed by atoms with E-state index in [9.17, 15) is 0 Å². The zero-order chi connectivity index (χ0) is 18.1. The van der Waals surface area contributed by atoms with Crippen LogP contribution in [0.1, 0.15) is 22.9 Å². The van der Waals surface area contributed by atoms with E-state index in [1.165, 1.54) is 16.0 Å². The first-order valence-corrected chi connectivity index (χ1v) is 9.67. The van der Waals surface area contributed by atoms with Crippen LogP contribution in [-0.4, -0.2) is 18.7 Å². The lowest BCUT2D eigenvalue weighted by Crippen LogP contribution is -2.03. The van der Waals surface area contributed by atoms with Gasteiger partial charge in [-0.2, -0.15) is 0 Å². The van der Waals surface area contributed by atoms with Gasteiger partial charge in [-0.05, 0) is 62.1 Å². The summed E-state index contributed by atoms with van der Waals surface area (Å²) in [5.74, 6) is 1.80. The predicted molar refractivity (Wildman–Crippen MR) is 107 cm³/mol. The maximum absolute atomic E-state index is 5.71. The molecule has 0 spiro atoms. The number of rotatable bonds is 5. The van der Waals surface area contributed by atoms with Crippen LogP contribution in [0.2, 0.25) is 0 Å². The average Bonchev–Trinajstić information content (AvgIpc) is 3.06. The van der Waals surface area contributed by atoms with Crippen molar-refractivity contribution in [1.29, 1.82) is 0 Å². The molecule has 134 valence electrons. The molecule has 0 saturated carbocycles. The smallest absolute Gasteiger partial charge is 0.188 e. The van der Waals surface area contributed by atoms with Crippen molar-refractivity contribution in [2.24, 2.45) is 0 Å². The fourth-order valence-electron chi connectivity index (χ4n) is 3.38. The Kier molecular flexibility index (Phi) is 4.55. The van der Waals surface area contributed by atoms with Gasteiger partial charge in [0.05, 0.1) is 25.1 Å². The van der Waals surface area contributed by atoms with Gasteiger partial charge in [0.1, 0.15) is 11.5 Å². The first-order valence-electron chi connectivity index (χ1n) is 8.86. The second-order valence-electron chi connectivity index (χ2n) is 6.32. The molecule has 4 rings (SSSR count). The summed E-state index contributed by atoms with van der Waals surface area (Å²) in [7, 11) is 1.73. The highest BCUT2D eigenvalue weighted by molar-refractivity contribution is 7.16. The van der Waals surface area contributed by atoms with Crippen LogP contribution in [0, 0.1) is 6.92 Å². The van der Waals surface area contributed by atoms with Gasteiger partial charge in [0, 0.05) is 10.4 Å². The number of hydrogen-bond donors (Lipinski definition) is 1. The Balaban J connectivity index is 1.69. The Morgan fingerprint density at radius 2 is 2.00 bits per heavy atom. The van der Waals surface area contributed by atoms with E-state index in [-0.39, 0.29) is 0 Å². The van der Waals surface area contributed by atoms with Gasteiger partial charge in [0.25, 0.3) is 0 Å². The highest BCUT2D eigenvalue weighted by atomic mass is 32.1. The first kappa shape index (κ1) is 16.9. The molecule has 0 fully saturated rings. The summed E-state index contributed by atoms with van der Waals surface area (Å²) in [6.07, 6.45) is 2.04. The molecule has 1 aromatic heterocycles. The average molecular weight is 366 g/mol. The van der Waals surface area contributed by atoms with Crippen molar-refractivity contribution < 1.29 is 9.47 Å². The summed E-state index contributed by atoms with van der Waals surface area (Å²) in [5, 5.41) is 4.35. The number of hydrogen-bond acceptors (Lipinski definition) is 5. The third-order valence-electron chi connectivity index (χ3n) is 4.62. The lowest BCUT2D eigenvalue weighted by Gasteiger charge is -2.17. The minimum absolute atomic E-state index is 0.640. The van der Waals surface area contributed by atoms with Crippen LogP contribution in [-0.2, 0) is 12.8 Å². The fraction of sp³-hybridized carbons (Fsp3) is 0.286. The highest BCUT2D eigenvalue weighted by Crippen LogP contribution is 2.41. The van der Waals surface area contributed by atoms with Crippen molar-refractivity contribution in [1.82, 2.24) is 4.98 Å². The molecule has 2 aromatic carbocycles. The molecule has 3 aromatic rings. The van der Waals surface area contributed by atoms with E-state index in [2.05, 4.69) is 24.4 Å². The third-order valence-corrected chi connectivity index (χ3v) is 5.65. The number of ether oxygens (including phenoxy) is 2. The number of benzene rings is 2. The van der Waals surface area contributed by atoms with Gasteiger partial charge in [-0.25, -0.2) is 4.98 Å². The fourth-order valence-corrected chi connectivity index (χ4v) is 4.36. The Morgan fingerprint density at radius 1 is 1.15 bits per heavy atom. The maximum Gasteiger partial charge on any atom is 0.188 e. The number of nitrogens with one attached hydrogen (secondary N) is 1. The number of methoxy groups -OCH3 is 1. The zero-order valence-electron chi connectivity index (χ0n) is 15.3. The van der Waals surface area contributed by atoms with Crippen molar-refractivity contribution in [3.05, 3.63) is 52.4 Å². The van der Waals surface area contributed by atoms with E-state index in [1.807, 2.05) is 31.2 Å². The number of aryl methyl sites for hydroxylation is 3. The van der Waals surface area contributed by atoms with Gasteiger partial charge < -0.3 is 14.8 Å². The van der Waals surface area contributed by atoms with E-state index >= 15 is 0 Å². The third kappa shape index (κ3) is 3.03. The molecule has 0 bridgehead atoms. The number of anilines is 2. The molecular weight excluding hydrogens is 344 g/mol. The molecule has 0 aliphatic heterocycles. The van der Waals surface area contributed by atoms with Crippen LogP contribution < -0.4 is 14.8 Å². The van der Waals surface area contributed by atoms with Crippen LogP contribution in [0.5, 0.6) is 11.5 Å². The minimum Gasteiger partial charge on any atom is -0.496 e. The quantitative estimate of drug-likeness (QED) is 0.659. The molecule has 0 saturated heterocycles. The van der Waals surface area contributed by atoms with Crippen molar-refractivity contribution in [3.8, 4) is 22.8 Å². The molecule has 4 nitrogen and oxygen atoms in total. The summed E-state index contributed by atoms with van der Waals surface area (Å²) >= 11 is 1.73. The first-order chi connectivity index (χ1) is 12.7. The molecule has 5 heteroatoms. The van der Waals surface area contributed by atoms with E-state index < -0.39 is 0 Å². The molecule has 1 aliphatic carbocycles. The normalized spacial score (nSPS) is 12.3. The van der Waals surface area contributed by atoms with Crippen molar-refractivity contribution in [2.45, 2.75) is 26.7 Å². The highest BCUT2D eigenvalue weighted by Gasteiger charge is 2.22. The maximum atomic E-state index is 5.71. The number of aromatic nitrogens is 1. The van der Waals surface area contributed by atoms with Gasteiger partial charge in [-0.1, -0.05) is 12.1 Å². The molecular formula is C21H22N2O2S. The molecule has 0 unspecified atom stereocenters. The lowest BCUT2D eigenvalue weighted by molar-refractivity contribution is 0.342. The van der Waals surface area contributed by atoms with Crippen molar-refractivity contribution >= 4 is 22.2 Å². The van der Waals surface area contributed by atoms with Crippen LogP contribution in [0.4, 0.5) is 10.8 Å². The Morgan fingerprint density at radius 3 is 2.81 bits per heavy atom. The predicted octanol–water partition coefficient (Wildman–Crippen LogP) is 5.37. The van der Waals surface area contributed by atoms with Gasteiger partial charge in [0.2, 0.25) is 0 Å². The minimum atomic E-state index is 0.640. The SMILES string of the molecule is CCOc1ccccc1Nc1nc2c(s1)CCc1cc(OC)c(C)cc1-2. The standard InChI is InChI=1S/C21H22N2O2S/c1-4-25-17-8-6-5-7-16(17)22-21-23-20-15-11-13(2)18(24-3)12-14(15)9-10-19(20)26-21/h5-8,11-12H,4,9-10H2,1-3H3,(H,22,23). The number of para-hydroxylation sites is 2. The number of fused-ring (bicyclic) bond motifs is 3. The van der Waals surface area contributed by atoms with Gasteiger partial charge in [-0.15, -0.1) is 11.3 Å². The van der Waals surface area contributed by atoms with Crippen LogP contribution in [0.25, 0.3) is 11.3 Å². The van der Waals surface area contributed by atoms with E-state index in [4.69, 9.17) is 14.5 Å². The van der Waals surface area contributed by atoms with Gasteiger partial charge >= 0.3 is 0 Å². The van der Waals surface area contributed by atoms with Crippen molar-refractivity contribution in [2.75, 3.05) is 19.0 Å². The largest absolute Gasteiger partial charge is 0.496 e. The summed E-state index contributed by atoms with van der Waals surface area (Å²) in [6, 6.07) is 12.3. The second kappa shape index (κ2) is 7.00. The molecule has 0 atom stereocenters. The van der Waals surface area contributed by atoms with Crippen LogP contribution >= 0.6 is 11.3 Å². The molecule has 1 heterocycles. The Bertz CT molecular complexity index is 949. The van der Waals surface area contributed by atoms with Crippen molar-refractivity contribution in [3.63, 3.8) is 0 Å². The molecule has 1 aliphatic rings. The lowest BCUT2D eigenvalue weighted by atomic mass is 9.91. The summed E-state index contributed by atoms with van der Waals surface area (Å²) in [4.78, 5) is 6.23.